The minimum absolute atomic E-state index is 0.0375. The number of aryl methyl sites for hydroxylation is 2. The third-order valence-electron chi connectivity index (χ3n) is 3.44. The van der Waals surface area contributed by atoms with Gasteiger partial charge in [-0.3, -0.25) is 4.79 Å². The van der Waals surface area contributed by atoms with Crippen LogP contribution in [0.4, 0.5) is 0 Å². The number of aliphatic carboxylic acids is 1. The molecule has 0 fully saturated rings. The zero-order valence-corrected chi connectivity index (χ0v) is 11.1. The van der Waals surface area contributed by atoms with E-state index in [1.807, 2.05) is 37.6 Å². The van der Waals surface area contributed by atoms with E-state index in [9.17, 15) is 4.79 Å². The van der Waals surface area contributed by atoms with E-state index in [0.29, 0.717) is 0 Å². The molecule has 0 aliphatic heterocycles. The average Bonchev–Trinajstić information content (AvgIpc) is 2.54. The zero-order chi connectivity index (χ0) is 13.4. The molecular formula is C14H17NO3. The second kappa shape index (κ2) is 4.37. The van der Waals surface area contributed by atoms with Gasteiger partial charge < -0.3 is 14.4 Å². The first kappa shape index (κ1) is 12.5. The van der Waals surface area contributed by atoms with Crippen LogP contribution < -0.4 is 4.74 Å². The minimum atomic E-state index is -0.814. The van der Waals surface area contributed by atoms with Gasteiger partial charge >= 0.3 is 5.97 Å². The molecule has 18 heavy (non-hydrogen) atoms. The first-order chi connectivity index (χ1) is 8.45. The van der Waals surface area contributed by atoms with Gasteiger partial charge in [0.05, 0.1) is 19.0 Å². The third kappa shape index (κ3) is 1.83. The second-order valence-corrected chi connectivity index (χ2v) is 4.53. The minimum Gasteiger partial charge on any atom is -0.497 e. The van der Waals surface area contributed by atoms with Crippen molar-refractivity contribution in [2.45, 2.75) is 20.3 Å². The molecule has 0 radical (unpaired) electrons. The number of hydrogen-bond donors (Lipinski definition) is 1. The highest BCUT2D eigenvalue weighted by Crippen LogP contribution is 2.31. The number of carbonyl (C=O) groups is 1. The lowest BCUT2D eigenvalue weighted by Crippen LogP contribution is -2.01. The molecule has 4 nitrogen and oxygen atoms in total. The first-order valence-corrected chi connectivity index (χ1v) is 5.80. The molecule has 1 N–H and O–H groups in total. The van der Waals surface area contributed by atoms with E-state index in [0.717, 1.165) is 33.5 Å². The number of fused-ring (bicyclic) bond motifs is 1. The van der Waals surface area contributed by atoms with Crippen LogP contribution in [0.3, 0.4) is 0 Å². The highest BCUT2D eigenvalue weighted by Gasteiger charge is 2.16. The summed E-state index contributed by atoms with van der Waals surface area (Å²) in [4.78, 5) is 11.0. The number of carboxylic acids is 1. The van der Waals surface area contributed by atoms with Crippen LogP contribution in [0.5, 0.6) is 5.75 Å². The van der Waals surface area contributed by atoms with Crippen molar-refractivity contribution in [3.63, 3.8) is 0 Å². The molecule has 96 valence electrons. The molecule has 1 aromatic carbocycles. The predicted octanol–water partition coefficient (Wildman–Crippen LogP) is 2.43. The molecule has 0 saturated heterocycles. The zero-order valence-electron chi connectivity index (χ0n) is 11.1. The summed E-state index contributed by atoms with van der Waals surface area (Å²) < 4.78 is 7.30. The molecule has 2 rings (SSSR count). The van der Waals surface area contributed by atoms with Crippen LogP contribution >= 0.6 is 0 Å². The Morgan fingerprint density at radius 3 is 2.61 bits per heavy atom. The van der Waals surface area contributed by atoms with E-state index in [-0.39, 0.29) is 6.42 Å². The number of carboxylic acid groups (broad SMARTS) is 1. The molecule has 0 bridgehead atoms. The van der Waals surface area contributed by atoms with Crippen molar-refractivity contribution in [1.29, 1.82) is 0 Å². The summed E-state index contributed by atoms with van der Waals surface area (Å²) >= 11 is 0. The van der Waals surface area contributed by atoms with Crippen LogP contribution in [0.1, 0.15) is 16.8 Å². The number of benzene rings is 1. The van der Waals surface area contributed by atoms with Gasteiger partial charge in [0.25, 0.3) is 0 Å². The van der Waals surface area contributed by atoms with E-state index >= 15 is 0 Å². The topological polar surface area (TPSA) is 51.5 Å². The Labute approximate surface area is 106 Å². The van der Waals surface area contributed by atoms with Gasteiger partial charge in [0.2, 0.25) is 0 Å². The van der Waals surface area contributed by atoms with Gasteiger partial charge in [-0.05, 0) is 37.1 Å². The lowest BCUT2D eigenvalue weighted by Gasteiger charge is -2.05. The predicted molar refractivity (Wildman–Crippen MR) is 70.3 cm³/mol. The third-order valence-corrected chi connectivity index (χ3v) is 3.44. The summed E-state index contributed by atoms with van der Waals surface area (Å²) in [5, 5.41) is 9.98. The molecule has 0 aliphatic rings. The highest BCUT2D eigenvalue weighted by molar-refractivity contribution is 5.92. The van der Waals surface area contributed by atoms with Crippen molar-refractivity contribution in [2.24, 2.45) is 7.05 Å². The normalized spacial score (nSPS) is 10.9. The van der Waals surface area contributed by atoms with Crippen molar-refractivity contribution in [2.75, 3.05) is 7.11 Å². The largest absolute Gasteiger partial charge is 0.497 e. The van der Waals surface area contributed by atoms with Crippen LogP contribution in [0, 0.1) is 13.8 Å². The van der Waals surface area contributed by atoms with E-state index < -0.39 is 5.97 Å². The number of hydrogen-bond acceptors (Lipinski definition) is 2. The summed E-state index contributed by atoms with van der Waals surface area (Å²) in [5.74, 6) is -0.0525. The summed E-state index contributed by atoms with van der Waals surface area (Å²) in [6.07, 6.45) is 0.0375. The molecule has 0 spiro atoms. The van der Waals surface area contributed by atoms with Crippen molar-refractivity contribution < 1.29 is 14.6 Å². The number of rotatable bonds is 3. The maximum atomic E-state index is 11.0. The standard InChI is InChI=1S/C14H17NO3/c1-8-5-10(18-4)6-12-11(7-13(16)17)9(2)15(3)14(8)12/h5-6H,7H2,1-4H3,(H,16,17). The van der Waals surface area contributed by atoms with Gasteiger partial charge in [0, 0.05) is 18.1 Å². The van der Waals surface area contributed by atoms with E-state index in [2.05, 4.69) is 0 Å². The van der Waals surface area contributed by atoms with E-state index in [1.165, 1.54) is 0 Å². The van der Waals surface area contributed by atoms with Crippen LogP contribution in [-0.4, -0.2) is 22.8 Å². The number of aromatic nitrogens is 1. The quantitative estimate of drug-likeness (QED) is 0.906. The fraction of sp³-hybridized carbons (Fsp3) is 0.357. The molecule has 1 heterocycles. The van der Waals surface area contributed by atoms with Crippen molar-refractivity contribution in [1.82, 2.24) is 4.57 Å². The molecule has 1 aromatic heterocycles. The SMILES string of the molecule is COc1cc(C)c2c(c1)c(CC(=O)O)c(C)n2C. The van der Waals surface area contributed by atoms with E-state index in [4.69, 9.17) is 9.84 Å². The van der Waals surface area contributed by atoms with Crippen LogP contribution in [0.2, 0.25) is 0 Å². The van der Waals surface area contributed by atoms with Crippen LogP contribution in [0.15, 0.2) is 12.1 Å². The Morgan fingerprint density at radius 2 is 2.06 bits per heavy atom. The van der Waals surface area contributed by atoms with Gasteiger partial charge in [0.15, 0.2) is 0 Å². The molecule has 0 unspecified atom stereocenters. The van der Waals surface area contributed by atoms with Gasteiger partial charge in [0.1, 0.15) is 5.75 Å². The fourth-order valence-corrected chi connectivity index (χ4v) is 2.48. The molecule has 0 aliphatic carbocycles. The van der Waals surface area contributed by atoms with Gasteiger partial charge in [-0.2, -0.15) is 0 Å². The summed E-state index contributed by atoms with van der Waals surface area (Å²) in [6, 6.07) is 3.87. The molecule has 4 heteroatoms. The Kier molecular flexibility index (Phi) is 3.03. The Morgan fingerprint density at radius 1 is 1.39 bits per heavy atom. The maximum Gasteiger partial charge on any atom is 0.307 e. The molecule has 2 aromatic rings. The van der Waals surface area contributed by atoms with Crippen molar-refractivity contribution in [3.05, 3.63) is 29.0 Å². The van der Waals surface area contributed by atoms with Crippen molar-refractivity contribution >= 4 is 16.9 Å². The Balaban J connectivity index is 2.80. The van der Waals surface area contributed by atoms with Gasteiger partial charge in [-0.1, -0.05) is 0 Å². The molecule has 0 atom stereocenters. The molecule has 0 amide bonds. The van der Waals surface area contributed by atoms with Crippen LogP contribution in [-0.2, 0) is 18.3 Å². The van der Waals surface area contributed by atoms with Crippen LogP contribution in [0.25, 0.3) is 10.9 Å². The van der Waals surface area contributed by atoms with Gasteiger partial charge in [-0.25, -0.2) is 0 Å². The van der Waals surface area contributed by atoms with Crippen molar-refractivity contribution in [3.8, 4) is 5.75 Å². The monoisotopic (exact) mass is 247 g/mol. The lowest BCUT2D eigenvalue weighted by molar-refractivity contribution is -0.136. The lowest BCUT2D eigenvalue weighted by atomic mass is 10.1. The summed E-state index contributed by atoms with van der Waals surface area (Å²) in [6.45, 7) is 3.96. The first-order valence-electron chi connectivity index (χ1n) is 5.80. The van der Waals surface area contributed by atoms with E-state index in [1.54, 1.807) is 7.11 Å². The Hall–Kier alpha value is -1.97. The molecule has 0 saturated carbocycles. The number of nitrogens with zero attached hydrogens (tertiary/aromatic N) is 1. The fourth-order valence-electron chi connectivity index (χ4n) is 2.48. The number of methoxy groups -OCH3 is 1. The number of ether oxygens (including phenoxy) is 1. The Bertz CT molecular complexity index is 626. The molecular weight excluding hydrogens is 230 g/mol. The maximum absolute atomic E-state index is 11.0. The smallest absolute Gasteiger partial charge is 0.307 e. The summed E-state index contributed by atoms with van der Waals surface area (Å²) in [7, 11) is 3.58. The average molecular weight is 247 g/mol. The highest BCUT2D eigenvalue weighted by atomic mass is 16.5. The van der Waals surface area contributed by atoms with Gasteiger partial charge in [-0.15, -0.1) is 0 Å². The summed E-state index contributed by atoms with van der Waals surface area (Å²) in [5.41, 5.74) is 4.02. The second-order valence-electron chi connectivity index (χ2n) is 4.53.